The fourth-order valence-electron chi connectivity index (χ4n) is 1.89. The molecule has 0 spiro atoms. The van der Waals surface area contributed by atoms with Crippen LogP contribution in [0.2, 0.25) is 5.02 Å². The Morgan fingerprint density at radius 3 is 2.26 bits per heavy atom. The molecule has 0 aliphatic carbocycles. The number of ether oxygens (including phenoxy) is 1. The van der Waals surface area contributed by atoms with Crippen molar-refractivity contribution in [1.29, 1.82) is 0 Å². The summed E-state index contributed by atoms with van der Waals surface area (Å²) in [6.45, 7) is 3.08. The smallest absolute Gasteiger partial charge is 0.265 e. The number of carbonyl (C=O) groups is 2. The number of amides is 2. The van der Waals surface area contributed by atoms with Crippen LogP contribution in [0.15, 0.2) is 48.5 Å². The number of halogens is 1. The third-order valence-corrected chi connectivity index (χ3v) is 3.20. The molecule has 2 aromatic carbocycles. The lowest BCUT2D eigenvalue weighted by atomic mass is 10.2. The summed E-state index contributed by atoms with van der Waals surface area (Å²) in [6.07, 6.45) is -0.680. The average molecular weight is 333 g/mol. The molecule has 2 amide bonds. The molecule has 0 unspecified atom stereocenters. The molecule has 0 saturated carbocycles. The standard InChI is InChI=1S/C17H17ClN2O3/c1-11(23-16-8-6-13(18)7-9-16)17(22)20-15-5-3-4-14(10-15)19-12(2)21/h3-11H,1-2H3,(H,19,21)(H,20,22)/t11-/m0/s1. The lowest BCUT2D eigenvalue weighted by molar-refractivity contribution is -0.122. The van der Waals surface area contributed by atoms with Crippen molar-refractivity contribution in [2.24, 2.45) is 0 Å². The van der Waals surface area contributed by atoms with Crippen LogP contribution in [-0.2, 0) is 9.59 Å². The van der Waals surface area contributed by atoms with Gasteiger partial charge in [-0.25, -0.2) is 0 Å². The predicted octanol–water partition coefficient (Wildman–Crippen LogP) is 3.70. The van der Waals surface area contributed by atoms with Gasteiger partial charge in [-0.1, -0.05) is 17.7 Å². The molecule has 2 rings (SSSR count). The summed E-state index contributed by atoms with van der Waals surface area (Å²) in [5.41, 5.74) is 1.19. The Morgan fingerprint density at radius 1 is 1.04 bits per heavy atom. The maximum atomic E-state index is 12.2. The molecule has 0 bridgehead atoms. The van der Waals surface area contributed by atoms with Gasteiger partial charge in [-0.05, 0) is 49.4 Å². The first-order valence-corrected chi connectivity index (χ1v) is 7.42. The number of carbonyl (C=O) groups excluding carboxylic acids is 2. The second-order valence-electron chi connectivity index (χ2n) is 4.97. The summed E-state index contributed by atoms with van der Waals surface area (Å²) in [4.78, 5) is 23.2. The number of rotatable bonds is 5. The Hall–Kier alpha value is -2.53. The number of benzene rings is 2. The maximum absolute atomic E-state index is 12.2. The monoisotopic (exact) mass is 332 g/mol. The van der Waals surface area contributed by atoms with Crippen molar-refractivity contribution >= 4 is 34.8 Å². The molecule has 2 N–H and O–H groups in total. The fourth-order valence-corrected chi connectivity index (χ4v) is 2.02. The number of hydrogen-bond donors (Lipinski definition) is 2. The molecule has 0 fully saturated rings. The second kappa shape index (κ2) is 7.65. The van der Waals surface area contributed by atoms with E-state index in [4.69, 9.17) is 16.3 Å². The first-order valence-electron chi connectivity index (χ1n) is 7.05. The molecule has 0 aliphatic heterocycles. The van der Waals surface area contributed by atoms with E-state index in [1.807, 2.05) is 0 Å². The van der Waals surface area contributed by atoms with Crippen LogP contribution in [-0.4, -0.2) is 17.9 Å². The molecule has 6 heteroatoms. The van der Waals surface area contributed by atoms with Crippen LogP contribution < -0.4 is 15.4 Å². The maximum Gasteiger partial charge on any atom is 0.265 e. The van der Waals surface area contributed by atoms with Crippen LogP contribution in [0.1, 0.15) is 13.8 Å². The molecule has 0 aliphatic rings. The molecular formula is C17H17ClN2O3. The Kier molecular flexibility index (Phi) is 5.60. The number of anilines is 2. The van der Waals surface area contributed by atoms with Crippen molar-refractivity contribution < 1.29 is 14.3 Å². The highest BCUT2D eigenvalue weighted by Crippen LogP contribution is 2.18. The van der Waals surface area contributed by atoms with Gasteiger partial charge < -0.3 is 15.4 Å². The van der Waals surface area contributed by atoms with E-state index in [1.165, 1.54) is 6.92 Å². The average Bonchev–Trinajstić information content (AvgIpc) is 2.49. The molecule has 1 atom stereocenters. The predicted molar refractivity (Wildman–Crippen MR) is 90.9 cm³/mol. The Bertz CT molecular complexity index is 701. The van der Waals surface area contributed by atoms with Crippen molar-refractivity contribution in [3.05, 3.63) is 53.6 Å². The van der Waals surface area contributed by atoms with Gasteiger partial charge in [0.2, 0.25) is 5.91 Å². The van der Waals surface area contributed by atoms with E-state index in [0.29, 0.717) is 22.1 Å². The largest absolute Gasteiger partial charge is 0.481 e. The lowest BCUT2D eigenvalue weighted by Gasteiger charge is -2.15. The van der Waals surface area contributed by atoms with E-state index < -0.39 is 6.10 Å². The number of hydrogen-bond acceptors (Lipinski definition) is 3. The van der Waals surface area contributed by atoms with E-state index in [9.17, 15) is 9.59 Å². The third kappa shape index (κ3) is 5.30. The van der Waals surface area contributed by atoms with Crippen molar-refractivity contribution in [3.8, 4) is 5.75 Å². The minimum atomic E-state index is -0.680. The molecular weight excluding hydrogens is 316 g/mol. The van der Waals surface area contributed by atoms with Gasteiger partial charge in [0.15, 0.2) is 6.10 Å². The van der Waals surface area contributed by atoms with Crippen LogP contribution >= 0.6 is 11.6 Å². The van der Waals surface area contributed by atoms with Crippen LogP contribution in [0.3, 0.4) is 0 Å². The topological polar surface area (TPSA) is 67.4 Å². The summed E-state index contributed by atoms with van der Waals surface area (Å²) in [5.74, 6) is 0.0943. The van der Waals surface area contributed by atoms with Gasteiger partial charge in [0.05, 0.1) is 0 Å². The normalized spacial score (nSPS) is 11.4. The lowest BCUT2D eigenvalue weighted by Crippen LogP contribution is -2.30. The van der Waals surface area contributed by atoms with E-state index >= 15 is 0 Å². The zero-order chi connectivity index (χ0) is 16.8. The zero-order valence-corrected chi connectivity index (χ0v) is 13.6. The van der Waals surface area contributed by atoms with Gasteiger partial charge in [0, 0.05) is 23.3 Å². The van der Waals surface area contributed by atoms with Gasteiger partial charge in [-0.2, -0.15) is 0 Å². The summed E-state index contributed by atoms with van der Waals surface area (Å²) in [6, 6.07) is 13.7. The zero-order valence-electron chi connectivity index (χ0n) is 12.8. The molecule has 23 heavy (non-hydrogen) atoms. The summed E-state index contributed by atoms with van der Waals surface area (Å²) in [5, 5.41) is 6.01. The summed E-state index contributed by atoms with van der Waals surface area (Å²) >= 11 is 5.80. The SMILES string of the molecule is CC(=O)Nc1cccc(NC(=O)[C@H](C)Oc2ccc(Cl)cc2)c1. The second-order valence-corrected chi connectivity index (χ2v) is 5.40. The molecule has 120 valence electrons. The van der Waals surface area contributed by atoms with Crippen molar-refractivity contribution in [2.75, 3.05) is 10.6 Å². The highest BCUT2D eigenvalue weighted by Gasteiger charge is 2.15. The van der Waals surface area contributed by atoms with Gasteiger partial charge in [0.25, 0.3) is 5.91 Å². The highest BCUT2D eigenvalue weighted by molar-refractivity contribution is 6.30. The van der Waals surface area contributed by atoms with Crippen molar-refractivity contribution in [1.82, 2.24) is 0 Å². The van der Waals surface area contributed by atoms with E-state index in [-0.39, 0.29) is 11.8 Å². The van der Waals surface area contributed by atoms with Gasteiger partial charge in [-0.3, -0.25) is 9.59 Å². The molecule has 0 saturated heterocycles. The first kappa shape index (κ1) is 16.8. The van der Waals surface area contributed by atoms with Crippen LogP contribution in [0.5, 0.6) is 5.75 Å². The molecule has 0 aromatic heterocycles. The summed E-state index contributed by atoms with van der Waals surface area (Å²) in [7, 11) is 0. The molecule has 5 nitrogen and oxygen atoms in total. The van der Waals surface area contributed by atoms with E-state index in [0.717, 1.165) is 0 Å². The van der Waals surface area contributed by atoms with E-state index in [1.54, 1.807) is 55.5 Å². The van der Waals surface area contributed by atoms with Crippen molar-refractivity contribution in [3.63, 3.8) is 0 Å². The van der Waals surface area contributed by atoms with E-state index in [2.05, 4.69) is 10.6 Å². The fraction of sp³-hybridized carbons (Fsp3) is 0.176. The minimum Gasteiger partial charge on any atom is -0.481 e. The third-order valence-electron chi connectivity index (χ3n) is 2.95. The first-order chi connectivity index (χ1) is 10.9. The van der Waals surface area contributed by atoms with Gasteiger partial charge >= 0.3 is 0 Å². The van der Waals surface area contributed by atoms with Gasteiger partial charge in [-0.15, -0.1) is 0 Å². The molecule has 2 aromatic rings. The highest BCUT2D eigenvalue weighted by atomic mass is 35.5. The Balaban J connectivity index is 1.97. The molecule has 0 heterocycles. The number of nitrogens with one attached hydrogen (secondary N) is 2. The minimum absolute atomic E-state index is 0.173. The molecule has 0 radical (unpaired) electrons. The quantitative estimate of drug-likeness (QED) is 0.877. The Morgan fingerprint density at radius 2 is 1.65 bits per heavy atom. The van der Waals surface area contributed by atoms with Crippen LogP contribution in [0, 0.1) is 0 Å². The Labute approximate surface area is 139 Å². The summed E-state index contributed by atoms with van der Waals surface area (Å²) < 4.78 is 5.56. The van der Waals surface area contributed by atoms with Crippen LogP contribution in [0.25, 0.3) is 0 Å². The van der Waals surface area contributed by atoms with Gasteiger partial charge in [0.1, 0.15) is 5.75 Å². The van der Waals surface area contributed by atoms with Crippen LogP contribution in [0.4, 0.5) is 11.4 Å². The van der Waals surface area contributed by atoms with Crippen molar-refractivity contribution in [2.45, 2.75) is 20.0 Å².